The maximum atomic E-state index is 13.2. The maximum absolute atomic E-state index is 13.2. The van der Waals surface area contributed by atoms with Gasteiger partial charge in [0.1, 0.15) is 29.6 Å². The second kappa shape index (κ2) is 7.37. The Kier molecular flexibility index (Phi) is 4.41. The monoisotopic (exact) mass is 395 g/mol. The van der Waals surface area contributed by atoms with Crippen molar-refractivity contribution in [1.82, 2.24) is 4.98 Å². The van der Waals surface area contributed by atoms with Crippen LogP contribution in [0.5, 0.6) is 0 Å². The van der Waals surface area contributed by atoms with Gasteiger partial charge in [0, 0.05) is 23.7 Å². The van der Waals surface area contributed by atoms with Gasteiger partial charge in [-0.05, 0) is 23.8 Å². The first-order valence-corrected chi connectivity index (χ1v) is 9.70. The molecule has 3 N–H and O–H groups in total. The second-order valence-corrected chi connectivity index (χ2v) is 7.28. The summed E-state index contributed by atoms with van der Waals surface area (Å²) >= 11 is 0. The van der Waals surface area contributed by atoms with E-state index >= 15 is 0 Å². The third-order valence-corrected chi connectivity index (χ3v) is 5.14. The van der Waals surface area contributed by atoms with Crippen molar-refractivity contribution in [2.75, 3.05) is 11.1 Å². The van der Waals surface area contributed by atoms with Gasteiger partial charge in [-0.1, -0.05) is 42.5 Å². The smallest absolute Gasteiger partial charge is 0.359 e. The zero-order valence-electron chi connectivity index (χ0n) is 16.1. The first-order valence-electron chi connectivity index (χ1n) is 9.70. The number of benzene rings is 2. The second-order valence-electron chi connectivity index (χ2n) is 7.28. The Hall–Kier alpha value is -4.11. The maximum Gasteiger partial charge on any atom is 0.359 e. The van der Waals surface area contributed by atoms with Crippen LogP contribution in [0.25, 0.3) is 11.3 Å². The summed E-state index contributed by atoms with van der Waals surface area (Å²) in [6, 6.07) is 21.6. The predicted octanol–water partition coefficient (Wildman–Crippen LogP) is 3.08. The molecule has 1 aliphatic heterocycles. The van der Waals surface area contributed by atoms with Crippen LogP contribution < -0.4 is 15.6 Å². The Labute approximate surface area is 174 Å². The molecule has 30 heavy (non-hydrogen) atoms. The van der Waals surface area contributed by atoms with Gasteiger partial charge in [0.2, 0.25) is 6.04 Å². The zero-order chi connectivity index (χ0) is 20.5. The van der Waals surface area contributed by atoms with Gasteiger partial charge in [0.25, 0.3) is 0 Å². The fourth-order valence-corrected chi connectivity index (χ4v) is 3.70. The number of aromatic nitrogens is 2. The first-order chi connectivity index (χ1) is 14.7. The highest BCUT2D eigenvalue weighted by atomic mass is 16.3. The number of carbonyl (C=O) groups excluding carboxylic acids is 1. The number of nitrogens with one attached hydrogen (secondary N) is 1. The average molecular weight is 395 g/mol. The lowest BCUT2D eigenvalue weighted by Gasteiger charge is -2.07. The van der Waals surface area contributed by atoms with E-state index in [1.54, 1.807) is 16.8 Å². The molecular weight excluding hydrogens is 376 g/mol. The number of nitrogen functional groups attached to an aromatic ring is 1. The summed E-state index contributed by atoms with van der Waals surface area (Å²) in [5, 5.41) is 3.34. The lowest BCUT2D eigenvalue weighted by molar-refractivity contribution is -0.552. The summed E-state index contributed by atoms with van der Waals surface area (Å²) in [4.78, 5) is 18.1. The van der Waals surface area contributed by atoms with Gasteiger partial charge in [0.15, 0.2) is 0 Å². The summed E-state index contributed by atoms with van der Waals surface area (Å²) in [6.07, 6.45) is 5.34. The van der Waals surface area contributed by atoms with E-state index in [1.807, 2.05) is 42.5 Å². The first kappa shape index (κ1) is 18.0. The molecule has 0 saturated heterocycles. The molecule has 0 radical (unpaired) electrons. The quantitative estimate of drug-likeness (QED) is 0.401. The number of nitrogens with two attached hydrogens (primary N) is 1. The van der Waals surface area contributed by atoms with Gasteiger partial charge >= 0.3 is 11.7 Å². The van der Waals surface area contributed by atoms with Crippen molar-refractivity contribution in [3.8, 4) is 11.3 Å². The molecule has 1 atom stereocenters. The molecular formula is C24H19N4O2+. The molecule has 2 aromatic heterocycles. The van der Waals surface area contributed by atoms with E-state index in [-0.39, 0.29) is 5.91 Å². The molecule has 1 aliphatic rings. The molecule has 1 unspecified atom stereocenters. The molecule has 0 aliphatic carbocycles. The zero-order valence-corrected chi connectivity index (χ0v) is 16.1. The Bertz CT molecular complexity index is 1200. The predicted molar refractivity (Wildman–Crippen MR) is 112 cm³/mol. The molecule has 2 aromatic carbocycles. The Morgan fingerprint density at radius 1 is 1.17 bits per heavy atom. The van der Waals surface area contributed by atoms with Crippen LogP contribution >= 0.6 is 0 Å². The van der Waals surface area contributed by atoms with Crippen LogP contribution in [0, 0.1) is 12.3 Å². The highest BCUT2D eigenvalue weighted by Crippen LogP contribution is 2.25. The Balaban J connectivity index is 1.57. The molecule has 6 heteroatoms. The lowest BCUT2D eigenvalue weighted by atomic mass is 10.1. The van der Waals surface area contributed by atoms with Crippen LogP contribution in [0.2, 0.25) is 0 Å². The number of hydrogen-bond acceptors (Lipinski definition) is 5. The van der Waals surface area contributed by atoms with Crippen LogP contribution in [0.3, 0.4) is 0 Å². The Morgan fingerprint density at radius 2 is 2.03 bits per heavy atom. The average Bonchev–Trinajstić information content (AvgIpc) is 3.38. The highest BCUT2D eigenvalue weighted by molar-refractivity contribution is 5.82. The Morgan fingerprint density at radius 3 is 2.80 bits per heavy atom. The molecule has 4 aromatic rings. The number of rotatable bonds is 5. The van der Waals surface area contributed by atoms with Gasteiger partial charge in [0.05, 0.1) is 6.42 Å². The van der Waals surface area contributed by atoms with Gasteiger partial charge in [-0.25, -0.2) is 9.78 Å². The van der Waals surface area contributed by atoms with Crippen LogP contribution in [0.4, 0.5) is 11.5 Å². The number of nitrogens with zero attached hydrogens (tertiary/aromatic N) is 2. The molecule has 5 rings (SSSR count). The molecule has 0 bridgehead atoms. The summed E-state index contributed by atoms with van der Waals surface area (Å²) in [7, 11) is 0. The molecule has 0 fully saturated rings. The van der Waals surface area contributed by atoms with Crippen molar-refractivity contribution >= 4 is 17.4 Å². The van der Waals surface area contributed by atoms with E-state index in [4.69, 9.17) is 15.1 Å². The summed E-state index contributed by atoms with van der Waals surface area (Å²) in [5.41, 5.74) is 10.1. The van der Waals surface area contributed by atoms with Crippen molar-refractivity contribution in [2.45, 2.75) is 18.9 Å². The molecule has 3 heterocycles. The number of carbonyl (C=O) groups is 1. The normalized spacial score (nSPS) is 14.8. The third-order valence-electron chi connectivity index (χ3n) is 5.14. The molecule has 0 amide bonds. The van der Waals surface area contributed by atoms with Crippen molar-refractivity contribution in [2.24, 2.45) is 0 Å². The lowest BCUT2D eigenvalue weighted by Crippen LogP contribution is -2.44. The van der Waals surface area contributed by atoms with E-state index < -0.39 is 6.04 Å². The van der Waals surface area contributed by atoms with Gasteiger partial charge in [-0.15, -0.1) is 0 Å². The SMILES string of the molecule is Nc1cccc(-c2c[n+]3c(c(Cc4ccccc4)n2)NC(Cc2cc#co2)C3=O)c1. The van der Waals surface area contributed by atoms with Crippen molar-refractivity contribution < 1.29 is 13.8 Å². The molecule has 146 valence electrons. The highest BCUT2D eigenvalue weighted by Gasteiger charge is 2.41. The fourth-order valence-electron chi connectivity index (χ4n) is 3.70. The van der Waals surface area contributed by atoms with Crippen LogP contribution in [0.1, 0.15) is 21.8 Å². The standard InChI is InChI=1S/C24H18N4O2/c25-18-9-4-8-17(13-18)22-15-28-23(20(26-22)12-16-6-2-1-3-7-16)27-21(24(28)29)14-19-10-5-11-30-19/h1-4,6-10,13,15,21H,12,14,25H2/p+1. The third kappa shape index (κ3) is 3.38. The summed E-state index contributed by atoms with van der Waals surface area (Å²) in [6.45, 7) is 0. The molecule has 0 saturated carbocycles. The molecule has 0 spiro atoms. The topological polar surface area (TPSA) is 85.0 Å². The van der Waals surface area contributed by atoms with Crippen LogP contribution in [0.15, 0.2) is 71.3 Å². The van der Waals surface area contributed by atoms with E-state index in [0.717, 1.165) is 16.8 Å². The molecule has 6 nitrogen and oxygen atoms in total. The fraction of sp³-hybridized carbons (Fsp3) is 0.125. The number of hydrogen-bond donors (Lipinski definition) is 2. The van der Waals surface area contributed by atoms with Gasteiger partial charge in [-0.2, -0.15) is 4.57 Å². The minimum absolute atomic E-state index is 0.0525. The van der Waals surface area contributed by atoms with Crippen LogP contribution in [-0.2, 0) is 12.8 Å². The van der Waals surface area contributed by atoms with Gasteiger partial charge in [-0.3, -0.25) is 5.32 Å². The van der Waals surface area contributed by atoms with Crippen molar-refractivity contribution in [1.29, 1.82) is 0 Å². The van der Waals surface area contributed by atoms with Gasteiger partial charge < -0.3 is 10.2 Å². The van der Waals surface area contributed by atoms with E-state index in [9.17, 15) is 4.79 Å². The summed E-state index contributed by atoms with van der Waals surface area (Å²) in [5.74, 6) is 1.31. The van der Waals surface area contributed by atoms with Crippen molar-refractivity contribution in [3.05, 3.63) is 96.2 Å². The van der Waals surface area contributed by atoms with E-state index in [1.165, 1.54) is 0 Å². The minimum atomic E-state index is -0.439. The summed E-state index contributed by atoms with van der Waals surface area (Å²) < 4.78 is 6.92. The number of anilines is 2. The minimum Gasteiger partial charge on any atom is -0.411 e. The van der Waals surface area contributed by atoms with E-state index in [0.29, 0.717) is 35.8 Å². The van der Waals surface area contributed by atoms with Crippen LogP contribution in [-0.4, -0.2) is 16.9 Å². The number of fused-ring (bicyclic) bond motifs is 1. The van der Waals surface area contributed by atoms with Crippen molar-refractivity contribution in [3.63, 3.8) is 0 Å². The van der Waals surface area contributed by atoms with E-state index in [2.05, 4.69) is 29.8 Å². The largest absolute Gasteiger partial charge is 0.411 e.